The second kappa shape index (κ2) is 6.29. The van der Waals surface area contributed by atoms with Gasteiger partial charge in [0.15, 0.2) is 0 Å². The fraction of sp³-hybridized carbons (Fsp3) is 0.529. The molecule has 21 heavy (non-hydrogen) atoms. The number of carbonyl (C=O) groups excluding carboxylic acids is 2. The van der Waals surface area contributed by atoms with Crippen LogP contribution in [0.5, 0.6) is 0 Å². The van der Waals surface area contributed by atoms with Crippen LogP contribution < -0.4 is 4.90 Å². The van der Waals surface area contributed by atoms with E-state index in [2.05, 4.69) is 6.07 Å². The molecule has 114 valence electrons. The minimum absolute atomic E-state index is 0.0468. The molecule has 1 aliphatic heterocycles. The molecule has 1 fully saturated rings. The Morgan fingerprint density at radius 1 is 1.19 bits per heavy atom. The minimum Gasteiger partial charge on any atom is -0.343 e. The highest BCUT2D eigenvalue weighted by Crippen LogP contribution is 2.27. The van der Waals surface area contributed by atoms with Gasteiger partial charge in [-0.05, 0) is 51.0 Å². The average molecular weight is 288 g/mol. The number of hydrogen-bond acceptors (Lipinski definition) is 2. The van der Waals surface area contributed by atoms with Gasteiger partial charge in [-0.25, -0.2) is 0 Å². The van der Waals surface area contributed by atoms with Crippen molar-refractivity contribution in [2.45, 2.75) is 34.1 Å². The fourth-order valence-electron chi connectivity index (χ4n) is 3.02. The van der Waals surface area contributed by atoms with Crippen LogP contribution >= 0.6 is 0 Å². The smallest absolute Gasteiger partial charge is 0.227 e. The zero-order valence-corrected chi connectivity index (χ0v) is 13.3. The largest absolute Gasteiger partial charge is 0.343 e. The van der Waals surface area contributed by atoms with E-state index < -0.39 is 0 Å². The molecule has 0 aliphatic carbocycles. The number of benzene rings is 1. The highest BCUT2D eigenvalue weighted by Gasteiger charge is 2.36. The monoisotopic (exact) mass is 288 g/mol. The summed E-state index contributed by atoms with van der Waals surface area (Å²) in [7, 11) is 0. The van der Waals surface area contributed by atoms with Crippen molar-refractivity contribution in [2.24, 2.45) is 5.92 Å². The van der Waals surface area contributed by atoms with Gasteiger partial charge in [0.2, 0.25) is 11.8 Å². The first-order valence-electron chi connectivity index (χ1n) is 7.63. The van der Waals surface area contributed by atoms with Crippen LogP contribution in [-0.2, 0) is 9.59 Å². The molecule has 2 rings (SSSR count). The molecule has 0 radical (unpaired) electrons. The molecule has 1 aliphatic rings. The van der Waals surface area contributed by atoms with E-state index in [1.165, 1.54) is 0 Å². The molecular formula is C17H24N2O2. The summed E-state index contributed by atoms with van der Waals surface area (Å²) in [4.78, 5) is 28.2. The lowest BCUT2D eigenvalue weighted by Gasteiger charge is -2.23. The molecule has 0 saturated carbocycles. The third-order valence-corrected chi connectivity index (χ3v) is 4.07. The maximum absolute atomic E-state index is 12.4. The molecule has 1 saturated heterocycles. The lowest BCUT2D eigenvalue weighted by atomic mass is 10.1. The summed E-state index contributed by atoms with van der Waals surface area (Å²) in [5, 5.41) is 0. The van der Waals surface area contributed by atoms with Gasteiger partial charge in [0.25, 0.3) is 0 Å². The Balaban J connectivity index is 2.18. The number of rotatable bonds is 4. The van der Waals surface area contributed by atoms with E-state index in [4.69, 9.17) is 0 Å². The quantitative estimate of drug-likeness (QED) is 0.854. The van der Waals surface area contributed by atoms with E-state index in [0.717, 1.165) is 16.8 Å². The Morgan fingerprint density at radius 3 is 2.29 bits per heavy atom. The van der Waals surface area contributed by atoms with Gasteiger partial charge in [-0.1, -0.05) is 6.07 Å². The first-order valence-corrected chi connectivity index (χ1v) is 7.63. The van der Waals surface area contributed by atoms with Crippen molar-refractivity contribution >= 4 is 17.5 Å². The summed E-state index contributed by atoms with van der Waals surface area (Å²) in [5.41, 5.74) is 3.18. The summed E-state index contributed by atoms with van der Waals surface area (Å²) < 4.78 is 0. The standard InChI is InChI=1S/C17H24N2O2/c1-5-18(6-2)17(21)14-10-16(20)19(11-14)15-8-12(3)7-13(4)9-15/h7-9,14H,5-6,10-11H2,1-4H3. The Morgan fingerprint density at radius 2 is 1.76 bits per heavy atom. The average Bonchev–Trinajstić information content (AvgIpc) is 2.81. The van der Waals surface area contributed by atoms with Gasteiger partial charge < -0.3 is 9.80 Å². The number of aryl methyl sites for hydroxylation is 2. The molecule has 2 amide bonds. The van der Waals surface area contributed by atoms with Gasteiger partial charge in [0, 0.05) is 31.7 Å². The normalized spacial score (nSPS) is 18.2. The lowest BCUT2D eigenvalue weighted by molar-refractivity contribution is -0.135. The van der Waals surface area contributed by atoms with Gasteiger partial charge >= 0.3 is 0 Å². The number of anilines is 1. The molecule has 4 heteroatoms. The maximum Gasteiger partial charge on any atom is 0.227 e. The Labute approximate surface area is 126 Å². The maximum atomic E-state index is 12.4. The second-order valence-electron chi connectivity index (χ2n) is 5.76. The molecule has 1 aromatic carbocycles. The van der Waals surface area contributed by atoms with E-state index >= 15 is 0 Å². The second-order valence-corrected chi connectivity index (χ2v) is 5.76. The molecule has 1 aromatic rings. The predicted octanol–water partition coefficient (Wildman–Crippen LogP) is 2.52. The van der Waals surface area contributed by atoms with Crippen LogP contribution in [-0.4, -0.2) is 36.3 Å². The number of carbonyl (C=O) groups is 2. The van der Waals surface area contributed by atoms with Crippen LogP contribution in [0.1, 0.15) is 31.4 Å². The SMILES string of the molecule is CCN(CC)C(=O)C1CC(=O)N(c2cc(C)cc(C)c2)C1. The Hall–Kier alpha value is -1.84. The summed E-state index contributed by atoms with van der Waals surface area (Å²) in [5.74, 6) is -0.0658. The van der Waals surface area contributed by atoms with E-state index in [-0.39, 0.29) is 17.7 Å². The molecule has 1 atom stereocenters. The number of nitrogens with zero attached hydrogens (tertiary/aromatic N) is 2. The molecular weight excluding hydrogens is 264 g/mol. The molecule has 0 aromatic heterocycles. The van der Waals surface area contributed by atoms with Gasteiger partial charge in [0.1, 0.15) is 0 Å². The molecule has 0 N–H and O–H groups in total. The van der Waals surface area contributed by atoms with E-state index in [9.17, 15) is 9.59 Å². The van der Waals surface area contributed by atoms with Crippen LogP contribution in [0.3, 0.4) is 0 Å². The lowest BCUT2D eigenvalue weighted by Crippen LogP contribution is -2.37. The van der Waals surface area contributed by atoms with Crippen molar-refractivity contribution < 1.29 is 9.59 Å². The zero-order chi connectivity index (χ0) is 15.6. The van der Waals surface area contributed by atoms with Crippen molar-refractivity contribution in [3.63, 3.8) is 0 Å². The van der Waals surface area contributed by atoms with Crippen LogP contribution in [0, 0.1) is 19.8 Å². The van der Waals surface area contributed by atoms with Gasteiger partial charge in [-0.2, -0.15) is 0 Å². The predicted molar refractivity (Wildman–Crippen MR) is 84.3 cm³/mol. The van der Waals surface area contributed by atoms with E-state index in [1.807, 2.05) is 44.7 Å². The van der Waals surface area contributed by atoms with E-state index in [0.29, 0.717) is 26.1 Å². The Kier molecular flexibility index (Phi) is 4.66. The van der Waals surface area contributed by atoms with E-state index in [1.54, 1.807) is 4.90 Å². The Bertz CT molecular complexity index is 529. The van der Waals surface area contributed by atoms with Gasteiger partial charge in [-0.15, -0.1) is 0 Å². The summed E-state index contributed by atoms with van der Waals surface area (Å²) >= 11 is 0. The highest BCUT2D eigenvalue weighted by atomic mass is 16.2. The summed E-state index contributed by atoms with van der Waals surface area (Å²) in [6.45, 7) is 9.88. The van der Waals surface area contributed by atoms with Crippen molar-refractivity contribution in [2.75, 3.05) is 24.5 Å². The van der Waals surface area contributed by atoms with Crippen LogP contribution in [0.4, 0.5) is 5.69 Å². The van der Waals surface area contributed by atoms with Crippen LogP contribution in [0.2, 0.25) is 0 Å². The van der Waals surface area contributed by atoms with Crippen molar-refractivity contribution in [3.8, 4) is 0 Å². The third-order valence-electron chi connectivity index (χ3n) is 4.07. The van der Waals surface area contributed by atoms with Crippen molar-refractivity contribution in [1.82, 2.24) is 4.90 Å². The van der Waals surface area contributed by atoms with Gasteiger partial charge in [0.05, 0.1) is 5.92 Å². The number of hydrogen-bond donors (Lipinski definition) is 0. The molecule has 4 nitrogen and oxygen atoms in total. The summed E-state index contributed by atoms with van der Waals surface area (Å²) in [6, 6.07) is 6.10. The highest BCUT2D eigenvalue weighted by molar-refractivity contribution is 6.00. The number of amides is 2. The van der Waals surface area contributed by atoms with Crippen LogP contribution in [0.15, 0.2) is 18.2 Å². The first-order chi connectivity index (χ1) is 9.96. The van der Waals surface area contributed by atoms with Crippen molar-refractivity contribution in [3.05, 3.63) is 29.3 Å². The molecule has 1 heterocycles. The first kappa shape index (κ1) is 15.5. The topological polar surface area (TPSA) is 40.6 Å². The van der Waals surface area contributed by atoms with Crippen LogP contribution in [0.25, 0.3) is 0 Å². The summed E-state index contributed by atoms with van der Waals surface area (Å²) in [6.07, 6.45) is 0.322. The minimum atomic E-state index is -0.210. The van der Waals surface area contributed by atoms with Gasteiger partial charge in [-0.3, -0.25) is 9.59 Å². The third kappa shape index (κ3) is 3.26. The molecule has 1 unspecified atom stereocenters. The molecule has 0 spiro atoms. The zero-order valence-electron chi connectivity index (χ0n) is 13.3. The van der Waals surface area contributed by atoms with Crippen molar-refractivity contribution in [1.29, 1.82) is 0 Å². The fourth-order valence-corrected chi connectivity index (χ4v) is 3.02. The molecule has 0 bridgehead atoms.